The number of aromatic carboxylic acids is 1. The van der Waals surface area contributed by atoms with Crippen molar-refractivity contribution in [3.8, 4) is 11.5 Å². The van der Waals surface area contributed by atoms with Crippen LogP contribution in [0.15, 0.2) is 24.8 Å². The maximum atomic E-state index is 11.7. The third kappa shape index (κ3) is 7.04. The monoisotopic (exact) mass is 415 g/mol. The van der Waals surface area contributed by atoms with Crippen molar-refractivity contribution in [1.82, 2.24) is 0 Å². The highest BCUT2D eigenvalue weighted by atomic mass is 79.9. The number of carboxylic acids is 1. The summed E-state index contributed by atoms with van der Waals surface area (Å²) >= 11 is 3.37. The summed E-state index contributed by atoms with van der Waals surface area (Å²) in [4.78, 5) is 23.1. The van der Waals surface area contributed by atoms with Gasteiger partial charge in [-0.3, -0.25) is 5.32 Å². The van der Waals surface area contributed by atoms with Gasteiger partial charge in [0.25, 0.3) is 0 Å². The predicted octanol–water partition coefficient (Wildman–Crippen LogP) is 4.07. The fourth-order valence-electron chi connectivity index (χ4n) is 1.95. The minimum atomic E-state index is -1.21. The van der Waals surface area contributed by atoms with Gasteiger partial charge in [-0.25, -0.2) is 9.59 Å². The Labute approximate surface area is 155 Å². The van der Waals surface area contributed by atoms with Crippen LogP contribution >= 0.6 is 15.9 Å². The van der Waals surface area contributed by atoms with Crippen LogP contribution in [0, 0.1) is 0 Å². The highest BCUT2D eigenvalue weighted by Crippen LogP contribution is 2.34. The first-order chi connectivity index (χ1) is 12.0. The molecule has 1 amide bonds. The maximum absolute atomic E-state index is 11.7. The second-order valence-electron chi connectivity index (χ2n) is 4.96. The summed E-state index contributed by atoms with van der Waals surface area (Å²) in [5, 5.41) is 12.7. The lowest BCUT2D eigenvalue weighted by molar-refractivity contribution is 0.0697. The SMILES string of the molecule is C=CCOC(=O)Nc1cc(OCCCCCBr)c(OC)cc1C(=O)O. The zero-order valence-electron chi connectivity index (χ0n) is 14.0. The first kappa shape index (κ1) is 20.8. The van der Waals surface area contributed by atoms with E-state index in [1.165, 1.54) is 25.3 Å². The first-order valence-electron chi connectivity index (χ1n) is 7.72. The number of ether oxygens (including phenoxy) is 3. The number of halogens is 1. The Balaban J connectivity index is 2.95. The molecule has 0 fully saturated rings. The molecule has 25 heavy (non-hydrogen) atoms. The topological polar surface area (TPSA) is 94.1 Å². The molecule has 0 atom stereocenters. The summed E-state index contributed by atoms with van der Waals surface area (Å²) in [6.07, 6.45) is 3.52. The maximum Gasteiger partial charge on any atom is 0.411 e. The van der Waals surface area contributed by atoms with Gasteiger partial charge >= 0.3 is 12.1 Å². The Hall–Kier alpha value is -2.22. The molecule has 138 valence electrons. The second-order valence-corrected chi connectivity index (χ2v) is 5.76. The Kier molecular flexibility index (Phi) is 9.46. The molecule has 0 saturated carbocycles. The number of carbonyl (C=O) groups excluding carboxylic acids is 1. The van der Waals surface area contributed by atoms with Crippen molar-refractivity contribution in [2.75, 3.05) is 31.0 Å². The van der Waals surface area contributed by atoms with E-state index in [4.69, 9.17) is 14.2 Å². The molecule has 0 saturated heterocycles. The Bertz CT molecular complexity index is 605. The van der Waals surface area contributed by atoms with Gasteiger partial charge in [0.15, 0.2) is 11.5 Å². The van der Waals surface area contributed by atoms with E-state index in [1.807, 2.05) is 0 Å². The van der Waals surface area contributed by atoms with Crippen LogP contribution in [-0.4, -0.2) is 42.8 Å². The normalized spacial score (nSPS) is 10.0. The summed E-state index contributed by atoms with van der Waals surface area (Å²) in [6, 6.07) is 2.72. The summed E-state index contributed by atoms with van der Waals surface area (Å²) in [7, 11) is 1.42. The minimum absolute atomic E-state index is 0.0152. The number of amides is 1. The number of rotatable bonds is 11. The number of benzene rings is 1. The zero-order chi connectivity index (χ0) is 18.7. The first-order valence-corrected chi connectivity index (χ1v) is 8.84. The van der Waals surface area contributed by atoms with Crippen LogP contribution in [0.1, 0.15) is 29.6 Å². The van der Waals surface area contributed by atoms with E-state index in [-0.39, 0.29) is 23.6 Å². The molecule has 2 N–H and O–H groups in total. The molecule has 0 spiro atoms. The number of hydrogen-bond donors (Lipinski definition) is 2. The summed E-state index contributed by atoms with van der Waals surface area (Å²) in [5.41, 5.74) is -0.0585. The Morgan fingerprint density at radius 3 is 2.64 bits per heavy atom. The summed E-state index contributed by atoms with van der Waals surface area (Å²) in [5.74, 6) is -0.575. The average molecular weight is 416 g/mol. The van der Waals surface area contributed by atoms with E-state index < -0.39 is 12.1 Å². The molecule has 7 nitrogen and oxygen atoms in total. The molecule has 8 heteroatoms. The molecule has 0 aliphatic heterocycles. The molecule has 0 aromatic heterocycles. The van der Waals surface area contributed by atoms with Gasteiger partial charge in [-0.1, -0.05) is 28.6 Å². The van der Waals surface area contributed by atoms with Gasteiger partial charge < -0.3 is 19.3 Å². The van der Waals surface area contributed by atoms with E-state index in [2.05, 4.69) is 27.8 Å². The molecule has 0 aliphatic carbocycles. The van der Waals surface area contributed by atoms with Crippen molar-refractivity contribution in [2.24, 2.45) is 0 Å². The third-order valence-electron chi connectivity index (χ3n) is 3.14. The fraction of sp³-hybridized carbons (Fsp3) is 0.412. The zero-order valence-corrected chi connectivity index (χ0v) is 15.6. The van der Waals surface area contributed by atoms with Gasteiger partial charge in [0.2, 0.25) is 0 Å². The molecular weight excluding hydrogens is 394 g/mol. The standard InChI is InChI=1S/C17H22BrNO6/c1-3-8-25-17(22)19-13-11-15(24-9-6-4-5-7-18)14(23-2)10-12(13)16(20)21/h3,10-11H,1,4-9H2,2H3,(H,19,22)(H,20,21). The summed E-state index contributed by atoms with van der Waals surface area (Å²) < 4.78 is 15.7. The highest BCUT2D eigenvalue weighted by Gasteiger charge is 2.18. The predicted molar refractivity (Wildman–Crippen MR) is 98.3 cm³/mol. The van der Waals surface area contributed by atoms with Gasteiger partial charge in [0.05, 0.1) is 25.0 Å². The van der Waals surface area contributed by atoms with Crippen molar-refractivity contribution >= 4 is 33.7 Å². The third-order valence-corrected chi connectivity index (χ3v) is 3.70. The molecule has 1 aromatic carbocycles. The number of unbranched alkanes of at least 4 members (excludes halogenated alkanes) is 2. The smallest absolute Gasteiger partial charge is 0.411 e. The number of carboxylic acid groups (broad SMARTS) is 1. The van der Waals surface area contributed by atoms with Crippen LogP contribution in [-0.2, 0) is 4.74 Å². The van der Waals surface area contributed by atoms with E-state index >= 15 is 0 Å². The van der Waals surface area contributed by atoms with Crippen molar-refractivity contribution in [2.45, 2.75) is 19.3 Å². The van der Waals surface area contributed by atoms with Gasteiger partial charge in [-0.15, -0.1) is 0 Å². The number of anilines is 1. The molecule has 0 aliphatic rings. The molecule has 0 radical (unpaired) electrons. The van der Waals surface area contributed by atoms with Crippen LogP contribution < -0.4 is 14.8 Å². The molecule has 0 heterocycles. The van der Waals surface area contributed by atoms with Crippen molar-refractivity contribution in [1.29, 1.82) is 0 Å². The minimum Gasteiger partial charge on any atom is -0.493 e. The van der Waals surface area contributed by atoms with E-state index in [1.54, 1.807) is 0 Å². The number of methoxy groups -OCH3 is 1. The van der Waals surface area contributed by atoms with Gasteiger partial charge in [-0.2, -0.15) is 0 Å². The Morgan fingerprint density at radius 1 is 1.28 bits per heavy atom. The van der Waals surface area contributed by atoms with Crippen molar-refractivity contribution < 1.29 is 28.9 Å². The number of hydrogen-bond acceptors (Lipinski definition) is 5. The van der Waals surface area contributed by atoms with Gasteiger partial charge in [0, 0.05) is 17.5 Å². The van der Waals surface area contributed by atoms with Crippen LogP contribution in [0.5, 0.6) is 11.5 Å². The molecule has 0 bridgehead atoms. The summed E-state index contributed by atoms with van der Waals surface area (Å²) in [6.45, 7) is 3.91. The number of carbonyl (C=O) groups is 2. The molecular formula is C17H22BrNO6. The van der Waals surface area contributed by atoms with E-state index in [9.17, 15) is 14.7 Å². The average Bonchev–Trinajstić information content (AvgIpc) is 2.59. The van der Waals surface area contributed by atoms with Gasteiger partial charge in [-0.05, 0) is 19.3 Å². The highest BCUT2D eigenvalue weighted by molar-refractivity contribution is 9.09. The van der Waals surface area contributed by atoms with E-state index in [0.29, 0.717) is 12.4 Å². The lowest BCUT2D eigenvalue weighted by atomic mass is 10.1. The molecule has 1 aromatic rings. The molecule has 0 unspecified atom stereocenters. The van der Waals surface area contributed by atoms with E-state index in [0.717, 1.165) is 24.6 Å². The lowest BCUT2D eigenvalue weighted by Crippen LogP contribution is -2.16. The number of nitrogens with one attached hydrogen (secondary N) is 1. The van der Waals surface area contributed by atoms with Gasteiger partial charge in [0.1, 0.15) is 6.61 Å². The quantitative estimate of drug-likeness (QED) is 0.321. The van der Waals surface area contributed by atoms with Crippen molar-refractivity contribution in [3.05, 3.63) is 30.4 Å². The van der Waals surface area contributed by atoms with Crippen molar-refractivity contribution in [3.63, 3.8) is 0 Å². The largest absolute Gasteiger partial charge is 0.493 e. The molecule has 1 rings (SSSR count). The second kappa shape index (κ2) is 11.4. The van der Waals surface area contributed by atoms with Crippen LogP contribution in [0.3, 0.4) is 0 Å². The lowest BCUT2D eigenvalue weighted by Gasteiger charge is -2.15. The number of alkyl halides is 1. The fourth-order valence-corrected chi connectivity index (χ4v) is 2.35. The van der Waals surface area contributed by atoms with Crippen LogP contribution in [0.4, 0.5) is 10.5 Å². The van der Waals surface area contributed by atoms with Crippen LogP contribution in [0.2, 0.25) is 0 Å². The Morgan fingerprint density at radius 2 is 2.04 bits per heavy atom. The van der Waals surface area contributed by atoms with Crippen LogP contribution in [0.25, 0.3) is 0 Å².